The smallest absolute Gasteiger partial charge is 0.332 e. The maximum absolute atomic E-state index is 13.2. The zero-order chi connectivity index (χ0) is 21.6. The fraction of sp³-hybridized carbons (Fsp3) is 0.440. The van der Waals surface area contributed by atoms with E-state index in [1.807, 2.05) is 43.3 Å². The minimum atomic E-state index is -0.994. The maximum atomic E-state index is 13.2. The van der Waals surface area contributed by atoms with Crippen LogP contribution in [-0.4, -0.2) is 49.1 Å². The molecule has 1 aliphatic rings. The zero-order valence-corrected chi connectivity index (χ0v) is 18.2. The van der Waals surface area contributed by atoms with Gasteiger partial charge in [0.05, 0.1) is 7.11 Å². The lowest BCUT2D eigenvalue weighted by atomic mass is 9.76. The third kappa shape index (κ3) is 4.41. The molecule has 3 rings (SSSR count). The number of esters is 1. The number of carbonyl (C=O) groups excluding carboxylic acids is 2. The Morgan fingerprint density at radius 1 is 1.10 bits per heavy atom. The average Bonchev–Trinajstić information content (AvgIpc) is 2.79. The van der Waals surface area contributed by atoms with Gasteiger partial charge >= 0.3 is 5.97 Å². The lowest BCUT2D eigenvalue weighted by Gasteiger charge is -2.50. The van der Waals surface area contributed by atoms with Gasteiger partial charge in [-0.2, -0.15) is 0 Å². The van der Waals surface area contributed by atoms with Gasteiger partial charge in [-0.3, -0.25) is 9.69 Å². The molecule has 30 heavy (non-hydrogen) atoms. The van der Waals surface area contributed by atoms with E-state index in [-0.39, 0.29) is 17.8 Å². The molecule has 2 atom stereocenters. The van der Waals surface area contributed by atoms with Gasteiger partial charge in [-0.25, -0.2) is 4.79 Å². The van der Waals surface area contributed by atoms with Crippen molar-refractivity contribution in [3.05, 3.63) is 66.2 Å². The quantitative estimate of drug-likeness (QED) is 0.652. The molecule has 5 nitrogen and oxygen atoms in total. The minimum Gasteiger partial charge on any atom is -0.467 e. The highest BCUT2D eigenvalue weighted by Gasteiger charge is 2.54. The third-order valence-corrected chi connectivity index (χ3v) is 6.22. The number of likely N-dealkylation sites (tertiary alicyclic amines) is 1. The first kappa shape index (κ1) is 22.0. The highest BCUT2D eigenvalue weighted by Crippen LogP contribution is 2.39. The van der Waals surface area contributed by atoms with Crippen LogP contribution in [0.2, 0.25) is 0 Å². The van der Waals surface area contributed by atoms with Gasteiger partial charge in [0.2, 0.25) is 5.91 Å². The van der Waals surface area contributed by atoms with Crippen molar-refractivity contribution in [1.82, 2.24) is 4.90 Å². The van der Waals surface area contributed by atoms with Crippen LogP contribution in [0, 0.1) is 5.92 Å². The Labute approximate surface area is 179 Å². The number of rotatable bonds is 7. The monoisotopic (exact) mass is 408 g/mol. The predicted molar refractivity (Wildman–Crippen MR) is 119 cm³/mol. The van der Waals surface area contributed by atoms with Crippen molar-refractivity contribution >= 4 is 17.6 Å². The van der Waals surface area contributed by atoms with Crippen LogP contribution in [0.25, 0.3) is 0 Å². The molecule has 160 valence electrons. The van der Waals surface area contributed by atoms with Crippen LogP contribution in [-0.2, 0) is 20.7 Å². The van der Waals surface area contributed by atoms with Gasteiger partial charge in [0, 0.05) is 37.7 Å². The summed E-state index contributed by atoms with van der Waals surface area (Å²) in [6, 6.07) is 19.9. The summed E-state index contributed by atoms with van der Waals surface area (Å²) < 4.78 is 5.27. The second-order valence-electron chi connectivity index (χ2n) is 8.02. The molecule has 1 amide bonds. The first-order valence-corrected chi connectivity index (χ1v) is 10.8. The SMILES string of the molecule is CCC(=O)N(c1ccccc1)[C@]1(C(=O)OC)CCN(CCc2ccccc2)C[C@@H]1C. The van der Waals surface area contributed by atoms with Gasteiger partial charge in [0.15, 0.2) is 0 Å². The summed E-state index contributed by atoms with van der Waals surface area (Å²) in [6.07, 6.45) is 1.85. The van der Waals surface area contributed by atoms with Crippen LogP contribution in [0.15, 0.2) is 60.7 Å². The van der Waals surface area contributed by atoms with Gasteiger partial charge < -0.3 is 9.64 Å². The first-order chi connectivity index (χ1) is 14.5. The van der Waals surface area contributed by atoms with Crippen LogP contribution in [0.1, 0.15) is 32.3 Å². The summed E-state index contributed by atoms with van der Waals surface area (Å²) in [5.41, 5.74) is 1.06. The molecular weight excluding hydrogens is 376 g/mol. The van der Waals surface area contributed by atoms with Crippen molar-refractivity contribution in [2.45, 2.75) is 38.6 Å². The molecule has 0 spiro atoms. The molecule has 0 saturated carbocycles. The summed E-state index contributed by atoms with van der Waals surface area (Å²) in [7, 11) is 1.41. The van der Waals surface area contributed by atoms with Crippen molar-refractivity contribution in [1.29, 1.82) is 0 Å². The molecule has 2 aromatic carbocycles. The molecule has 1 heterocycles. The lowest BCUT2D eigenvalue weighted by Crippen LogP contribution is -2.67. The standard InChI is InChI=1S/C25H32N2O3/c1-4-23(28)27(22-13-9-6-10-14-22)25(24(29)30-3)16-18-26(19-20(25)2)17-15-21-11-7-5-8-12-21/h5-14,20H,4,15-19H2,1-3H3/t20-,25+/m0/s1. The fourth-order valence-electron chi connectivity index (χ4n) is 4.58. The number of hydrogen-bond donors (Lipinski definition) is 0. The predicted octanol–water partition coefficient (Wildman–Crippen LogP) is 3.93. The van der Waals surface area contributed by atoms with Gasteiger partial charge in [-0.1, -0.05) is 62.4 Å². The van der Waals surface area contributed by atoms with Crippen LogP contribution in [0.5, 0.6) is 0 Å². The molecule has 1 fully saturated rings. The normalized spacial score (nSPS) is 21.8. The zero-order valence-electron chi connectivity index (χ0n) is 18.2. The van der Waals surface area contributed by atoms with Gasteiger partial charge in [-0.15, -0.1) is 0 Å². The van der Waals surface area contributed by atoms with Gasteiger partial charge in [0.25, 0.3) is 0 Å². The molecule has 1 aliphatic heterocycles. The van der Waals surface area contributed by atoms with E-state index in [1.165, 1.54) is 12.7 Å². The van der Waals surface area contributed by atoms with Crippen LogP contribution in [0.3, 0.4) is 0 Å². The molecule has 1 saturated heterocycles. The Kier molecular flexibility index (Phi) is 7.27. The van der Waals surface area contributed by atoms with E-state index in [0.717, 1.165) is 31.7 Å². The van der Waals surface area contributed by atoms with E-state index in [1.54, 1.807) is 4.90 Å². The summed E-state index contributed by atoms with van der Waals surface area (Å²) >= 11 is 0. The first-order valence-electron chi connectivity index (χ1n) is 10.8. The highest BCUT2D eigenvalue weighted by molar-refractivity contribution is 6.02. The minimum absolute atomic E-state index is 0.0591. The number of methoxy groups -OCH3 is 1. The van der Waals surface area contributed by atoms with Crippen molar-refractivity contribution < 1.29 is 14.3 Å². The Morgan fingerprint density at radius 2 is 1.73 bits per heavy atom. The number of amides is 1. The Hall–Kier alpha value is -2.66. The number of para-hydroxylation sites is 1. The van der Waals surface area contributed by atoms with E-state index < -0.39 is 5.54 Å². The second kappa shape index (κ2) is 9.90. The van der Waals surface area contributed by atoms with E-state index in [9.17, 15) is 9.59 Å². The third-order valence-electron chi connectivity index (χ3n) is 6.22. The largest absolute Gasteiger partial charge is 0.467 e. The fourth-order valence-corrected chi connectivity index (χ4v) is 4.58. The number of anilines is 1. The Morgan fingerprint density at radius 3 is 2.30 bits per heavy atom. The molecule has 0 unspecified atom stereocenters. The summed E-state index contributed by atoms with van der Waals surface area (Å²) in [4.78, 5) is 30.4. The number of hydrogen-bond acceptors (Lipinski definition) is 4. The molecule has 0 aliphatic carbocycles. The number of nitrogens with zero attached hydrogens (tertiary/aromatic N) is 2. The van der Waals surface area contributed by atoms with Crippen LogP contribution in [0.4, 0.5) is 5.69 Å². The molecule has 0 aromatic heterocycles. The van der Waals surface area contributed by atoms with E-state index in [4.69, 9.17) is 4.74 Å². The van der Waals surface area contributed by atoms with E-state index >= 15 is 0 Å². The molecule has 0 N–H and O–H groups in total. The van der Waals surface area contributed by atoms with Crippen molar-refractivity contribution in [2.24, 2.45) is 5.92 Å². The molecular formula is C25H32N2O3. The van der Waals surface area contributed by atoms with Crippen LogP contribution >= 0.6 is 0 Å². The van der Waals surface area contributed by atoms with Crippen LogP contribution < -0.4 is 4.90 Å². The average molecular weight is 409 g/mol. The number of carbonyl (C=O) groups is 2. The summed E-state index contributed by atoms with van der Waals surface area (Å²) in [5, 5.41) is 0. The van der Waals surface area contributed by atoms with Crippen molar-refractivity contribution in [2.75, 3.05) is 31.6 Å². The Bertz CT molecular complexity index is 840. The lowest BCUT2D eigenvalue weighted by molar-refractivity contribution is -0.153. The van der Waals surface area contributed by atoms with E-state index in [2.05, 4.69) is 36.1 Å². The second-order valence-corrected chi connectivity index (χ2v) is 8.02. The number of benzene rings is 2. The number of ether oxygens (including phenoxy) is 1. The highest BCUT2D eigenvalue weighted by atomic mass is 16.5. The molecule has 0 bridgehead atoms. The molecule has 0 radical (unpaired) electrons. The number of piperidine rings is 1. The Balaban J connectivity index is 1.86. The van der Waals surface area contributed by atoms with Crippen molar-refractivity contribution in [3.63, 3.8) is 0 Å². The van der Waals surface area contributed by atoms with Gasteiger partial charge in [0.1, 0.15) is 5.54 Å². The topological polar surface area (TPSA) is 49.9 Å². The summed E-state index contributed by atoms with van der Waals surface area (Å²) in [6.45, 7) is 6.31. The van der Waals surface area contributed by atoms with Gasteiger partial charge in [-0.05, 0) is 30.5 Å². The van der Waals surface area contributed by atoms with E-state index in [0.29, 0.717) is 12.8 Å². The molecule has 5 heteroatoms. The summed E-state index contributed by atoms with van der Waals surface area (Å²) in [5.74, 6) is -0.454. The van der Waals surface area contributed by atoms with Crippen molar-refractivity contribution in [3.8, 4) is 0 Å². The maximum Gasteiger partial charge on any atom is 0.332 e. The molecule has 2 aromatic rings.